The van der Waals surface area contributed by atoms with Gasteiger partial charge in [-0.2, -0.15) is 11.3 Å². The summed E-state index contributed by atoms with van der Waals surface area (Å²) in [6.07, 6.45) is 3.39. The first-order valence-corrected chi connectivity index (χ1v) is 6.76. The Hall–Kier alpha value is -1.87. The highest BCUT2D eigenvalue weighted by Crippen LogP contribution is 2.11. The van der Waals surface area contributed by atoms with Gasteiger partial charge in [0.1, 0.15) is 0 Å². The van der Waals surface area contributed by atoms with Crippen molar-refractivity contribution >= 4 is 23.3 Å². The molecule has 1 amide bonds. The summed E-state index contributed by atoms with van der Waals surface area (Å²) >= 11 is 1.62. The summed E-state index contributed by atoms with van der Waals surface area (Å²) in [4.78, 5) is 11.7. The van der Waals surface area contributed by atoms with E-state index in [-0.39, 0.29) is 11.9 Å². The lowest BCUT2D eigenvalue weighted by Crippen LogP contribution is -2.24. The first-order chi connectivity index (χ1) is 8.75. The molecule has 1 unspecified atom stereocenters. The van der Waals surface area contributed by atoms with Gasteiger partial charge in [0.2, 0.25) is 5.91 Å². The topological polar surface area (TPSA) is 29.1 Å². The van der Waals surface area contributed by atoms with Crippen molar-refractivity contribution in [3.63, 3.8) is 0 Å². The van der Waals surface area contributed by atoms with E-state index in [9.17, 15) is 4.79 Å². The van der Waals surface area contributed by atoms with Crippen LogP contribution >= 0.6 is 11.3 Å². The van der Waals surface area contributed by atoms with Crippen LogP contribution in [-0.4, -0.2) is 5.91 Å². The predicted molar refractivity (Wildman–Crippen MR) is 76.4 cm³/mol. The van der Waals surface area contributed by atoms with Crippen molar-refractivity contribution in [1.82, 2.24) is 5.32 Å². The minimum Gasteiger partial charge on any atom is -0.346 e. The molecule has 0 aliphatic carbocycles. The van der Waals surface area contributed by atoms with Gasteiger partial charge in [0.15, 0.2) is 0 Å². The van der Waals surface area contributed by atoms with E-state index in [1.807, 2.05) is 60.2 Å². The molecule has 2 rings (SSSR count). The van der Waals surface area contributed by atoms with E-state index in [1.54, 1.807) is 17.4 Å². The van der Waals surface area contributed by atoms with Gasteiger partial charge in [-0.15, -0.1) is 0 Å². The summed E-state index contributed by atoms with van der Waals surface area (Å²) in [7, 11) is 0. The molecular weight excluding hydrogens is 242 g/mol. The quantitative estimate of drug-likeness (QED) is 0.832. The van der Waals surface area contributed by atoms with Crippen LogP contribution < -0.4 is 5.32 Å². The fourth-order valence-electron chi connectivity index (χ4n) is 1.63. The molecule has 0 fully saturated rings. The molecule has 0 radical (unpaired) electrons. The Morgan fingerprint density at radius 1 is 1.28 bits per heavy atom. The summed E-state index contributed by atoms with van der Waals surface area (Å²) in [5.74, 6) is -0.0717. The third-order valence-corrected chi connectivity index (χ3v) is 3.33. The Bertz CT molecular complexity index is 517. The Morgan fingerprint density at radius 3 is 2.72 bits per heavy atom. The van der Waals surface area contributed by atoms with Crippen LogP contribution in [0.2, 0.25) is 0 Å². The van der Waals surface area contributed by atoms with Crippen molar-refractivity contribution in [2.24, 2.45) is 0 Å². The molecule has 0 aliphatic heterocycles. The molecule has 1 aromatic heterocycles. The Morgan fingerprint density at radius 2 is 2.06 bits per heavy atom. The van der Waals surface area contributed by atoms with Crippen LogP contribution in [0.3, 0.4) is 0 Å². The molecule has 1 atom stereocenters. The molecule has 0 aliphatic rings. The second kappa shape index (κ2) is 6.17. The summed E-state index contributed by atoms with van der Waals surface area (Å²) in [5, 5.41) is 6.93. The summed E-state index contributed by atoms with van der Waals surface area (Å²) < 4.78 is 0. The molecule has 18 heavy (non-hydrogen) atoms. The second-order valence-corrected chi connectivity index (χ2v) is 4.81. The van der Waals surface area contributed by atoms with Gasteiger partial charge in [0, 0.05) is 6.08 Å². The van der Waals surface area contributed by atoms with Crippen molar-refractivity contribution < 1.29 is 4.79 Å². The zero-order valence-electron chi connectivity index (χ0n) is 10.2. The smallest absolute Gasteiger partial charge is 0.244 e. The van der Waals surface area contributed by atoms with E-state index < -0.39 is 0 Å². The standard InChI is InChI=1S/C15H15NOS/c1-12(14-5-3-2-4-6-14)16-15(17)8-7-13-9-10-18-11-13/h2-12H,1H3,(H,16,17)/b8-7+. The SMILES string of the molecule is CC(NC(=O)/C=C/c1ccsc1)c1ccccc1. The number of benzene rings is 1. The monoisotopic (exact) mass is 257 g/mol. The van der Waals surface area contributed by atoms with E-state index in [0.717, 1.165) is 11.1 Å². The maximum atomic E-state index is 11.7. The van der Waals surface area contributed by atoms with Gasteiger partial charge in [0.25, 0.3) is 0 Å². The van der Waals surface area contributed by atoms with E-state index in [2.05, 4.69) is 5.32 Å². The predicted octanol–water partition coefficient (Wildman–Crippen LogP) is 3.64. The van der Waals surface area contributed by atoms with Crippen molar-refractivity contribution in [2.45, 2.75) is 13.0 Å². The largest absolute Gasteiger partial charge is 0.346 e. The number of carbonyl (C=O) groups is 1. The molecular formula is C15H15NOS. The molecule has 2 nitrogen and oxygen atoms in total. The van der Waals surface area contributed by atoms with Crippen molar-refractivity contribution in [2.75, 3.05) is 0 Å². The Kier molecular flexibility index (Phi) is 4.31. The maximum Gasteiger partial charge on any atom is 0.244 e. The number of hydrogen-bond donors (Lipinski definition) is 1. The lowest BCUT2D eigenvalue weighted by Gasteiger charge is -2.12. The number of amides is 1. The summed E-state index contributed by atoms with van der Waals surface area (Å²) in [6.45, 7) is 1.98. The zero-order valence-corrected chi connectivity index (χ0v) is 11.0. The molecule has 0 saturated heterocycles. The molecule has 1 N–H and O–H groups in total. The first-order valence-electron chi connectivity index (χ1n) is 5.81. The van der Waals surface area contributed by atoms with Gasteiger partial charge in [-0.3, -0.25) is 4.79 Å². The number of rotatable bonds is 4. The molecule has 0 bridgehead atoms. The van der Waals surface area contributed by atoms with Gasteiger partial charge in [-0.05, 0) is 41.0 Å². The molecule has 1 heterocycles. The van der Waals surface area contributed by atoms with Gasteiger partial charge in [-0.25, -0.2) is 0 Å². The lowest BCUT2D eigenvalue weighted by atomic mass is 10.1. The van der Waals surface area contributed by atoms with Gasteiger partial charge < -0.3 is 5.32 Å². The van der Waals surface area contributed by atoms with Crippen molar-refractivity contribution in [1.29, 1.82) is 0 Å². The van der Waals surface area contributed by atoms with Crippen LogP contribution in [-0.2, 0) is 4.79 Å². The Balaban J connectivity index is 1.92. The molecule has 0 spiro atoms. The molecule has 1 aromatic carbocycles. The number of carbonyl (C=O) groups excluding carboxylic acids is 1. The van der Waals surface area contributed by atoms with Crippen LogP contribution in [0.5, 0.6) is 0 Å². The van der Waals surface area contributed by atoms with E-state index in [4.69, 9.17) is 0 Å². The minimum absolute atomic E-state index is 0.0193. The fourth-order valence-corrected chi connectivity index (χ4v) is 2.26. The van der Waals surface area contributed by atoms with Gasteiger partial charge >= 0.3 is 0 Å². The van der Waals surface area contributed by atoms with Crippen molar-refractivity contribution in [3.8, 4) is 0 Å². The second-order valence-electron chi connectivity index (χ2n) is 4.03. The van der Waals surface area contributed by atoms with Crippen LogP contribution in [0, 0.1) is 0 Å². The number of hydrogen-bond acceptors (Lipinski definition) is 2. The van der Waals surface area contributed by atoms with Crippen molar-refractivity contribution in [3.05, 3.63) is 64.4 Å². The lowest BCUT2D eigenvalue weighted by molar-refractivity contribution is -0.117. The fraction of sp³-hybridized carbons (Fsp3) is 0.133. The van der Waals surface area contributed by atoms with Crippen LogP contribution in [0.25, 0.3) is 6.08 Å². The maximum absolute atomic E-state index is 11.7. The van der Waals surface area contributed by atoms with Crippen LogP contribution in [0.4, 0.5) is 0 Å². The van der Waals surface area contributed by atoms with Crippen LogP contribution in [0.15, 0.2) is 53.2 Å². The first kappa shape index (κ1) is 12.6. The molecule has 92 valence electrons. The van der Waals surface area contributed by atoms with E-state index >= 15 is 0 Å². The van der Waals surface area contributed by atoms with Gasteiger partial charge in [0.05, 0.1) is 6.04 Å². The van der Waals surface area contributed by atoms with Crippen LogP contribution in [0.1, 0.15) is 24.1 Å². The highest BCUT2D eigenvalue weighted by Gasteiger charge is 2.06. The van der Waals surface area contributed by atoms with E-state index in [0.29, 0.717) is 0 Å². The van der Waals surface area contributed by atoms with E-state index in [1.165, 1.54) is 0 Å². The molecule has 3 heteroatoms. The minimum atomic E-state index is -0.0717. The highest BCUT2D eigenvalue weighted by molar-refractivity contribution is 7.08. The summed E-state index contributed by atoms with van der Waals surface area (Å²) in [6, 6.07) is 11.9. The molecule has 2 aromatic rings. The normalized spacial score (nSPS) is 12.5. The average molecular weight is 257 g/mol. The third-order valence-electron chi connectivity index (χ3n) is 2.63. The van der Waals surface area contributed by atoms with Gasteiger partial charge in [-0.1, -0.05) is 30.3 Å². The molecule has 0 saturated carbocycles. The Labute approximate surface area is 111 Å². The highest BCUT2D eigenvalue weighted by atomic mass is 32.1. The number of thiophene rings is 1. The number of nitrogens with one attached hydrogen (secondary N) is 1. The third kappa shape index (κ3) is 3.57. The summed E-state index contributed by atoms with van der Waals surface area (Å²) in [5.41, 5.74) is 2.16. The average Bonchev–Trinajstić information content (AvgIpc) is 2.90. The zero-order chi connectivity index (χ0) is 12.8.